The summed E-state index contributed by atoms with van der Waals surface area (Å²) in [5.41, 5.74) is 0. The van der Waals surface area contributed by atoms with Crippen molar-refractivity contribution in [2.45, 2.75) is 64.3 Å². The van der Waals surface area contributed by atoms with Crippen LogP contribution in [0.2, 0.25) is 0 Å². The molecule has 2 nitrogen and oxygen atoms in total. The topological polar surface area (TPSA) is 20.3 Å². The molecule has 2 aliphatic rings. The Hall–Kier alpha value is -0.370. The second-order valence-electron chi connectivity index (χ2n) is 5.41. The highest BCUT2D eigenvalue weighted by Crippen LogP contribution is 2.27. The van der Waals surface area contributed by atoms with E-state index in [-0.39, 0.29) is 0 Å². The molecule has 0 saturated heterocycles. The third kappa shape index (κ3) is 2.85. The van der Waals surface area contributed by atoms with E-state index in [4.69, 9.17) is 0 Å². The Morgan fingerprint density at radius 3 is 2.50 bits per heavy atom. The molecule has 0 aromatic rings. The van der Waals surface area contributed by atoms with Crippen molar-refractivity contribution in [3.05, 3.63) is 0 Å². The van der Waals surface area contributed by atoms with E-state index in [1.54, 1.807) is 0 Å². The van der Waals surface area contributed by atoms with Crippen LogP contribution in [-0.4, -0.2) is 29.8 Å². The minimum absolute atomic E-state index is 0.399. The predicted octanol–water partition coefficient (Wildman–Crippen LogP) is 3.01. The van der Waals surface area contributed by atoms with Crippen LogP contribution in [0.3, 0.4) is 0 Å². The summed E-state index contributed by atoms with van der Waals surface area (Å²) in [6.45, 7) is 4.57. The van der Waals surface area contributed by atoms with Crippen molar-refractivity contribution in [1.29, 1.82) is 0 Å². The van der Waals surface area contributed by atoms with Gasteiger partial charge in [-0.3, -0.25) is 4.79 Å². The summed E-state index contributed by atoms with van der Waals surface area (Å²) in [7, 11) is 0. The third-order valence-corrected chi connectivity index (χ3v) is 4.44. The zero-order valence-corrected chi connectivity index (χ0v) is 10.6. The lowest BCUT2D eigenvalue weighted by Crippen LogP contribution is -2.35. The van der Waals surface area contributed by atoms with Crippen LogP contribution in [0.5, 0.6) is 0 Å². The van der Waals surface area contributed by atoms with Gasteiger partial charge in [0, 0.05) is 18.4 Å². The second-order valence-corrected chi connectivity index (χ2v) is 5.41. The second kappa shape index (κ2) is 5.81. The molecule has 0 bridgehead atoms. The molecule has 0 aromatic heterocycles. The number of nitrogens with zero attached hydrogens (tertiary/aromatic N) is 1. The maximum atomic E-state index is 11.6. The van der Waals surface area contributed by atoms with E-state index in [9.17, 15) is 4.79 Å². The van der Waals surface area contributed by atoms with E-state index in [1.165, 1.54) is 25.7 Å². The number of Topliss-reactive ketones (excluding diaryl/α,β-unsaturated/α-hetero) is 1. The lowest BCUT2D eigenvalue weighted by atomic mass is 10.0. The number of carbonyl (C=O) groups is 1. The third-order valence-electron chi connectivity index (χ3n) is 4.44. The van der Waals surface area contributed by atoms with Crippen LogP contribution in [0.15, 0.2) is 0 Å². The average Bonchev–Trinajstić information content (AvgIpc) is 2.92. The van der Waals surface area contributed by atoms with Gasteiger partial charge in [-0.15, -0.1) is 0 Å². The van der Waals surface area contributed by atoms with Gasteiger partial charge in [-0.05, 0) is 45.2 Å². The average molecular weight is 223 g/mol. The molecule has 1 unspecified atom stereocenters. The van der Waals surface area contributed by atoms with E-state index in [0.29, 0.717) is 11.7 Å². The molecule has 0 N–H and O–H groups in total. The van der Waals surface area contributed by atoms with Crippen LogP contribution in [0.1, 0.15) is 58.3 Å². The minimum Gasteiger partial charge on any atom is -0.301 e. The van der Waals surface area contributed by atoms with Gasteiger partial charge in [0.25, 0.3) is 0 Å². The van der Waals surface area contributed by atoms with E-state index < -0.39 is 0 Å². The van der Waals surface area contributed by atoms with Crippen molar-refractivity contribution in [1.82, 2.24) is 4.90 Å². The quantitative estimate of drug-likeness (QED) is 0.714. The molecule has 0 heterocycles. The molecular formula is C14H25NO. The monoisotopic (exact) mass is 223 g/mol. The molecule has 0 aromatic carbocycles. The minimum atomic E-state index is 0.399. The Morgan fingerprint density at radius 1 is 1.19 bits per heavy atom. The van der Waals surface area contributed by atoms with Gasteiger partial charge < -0.3 is 4.90 Å². The van der Waals surface area contributed by atoms with Crippen molar-refractivity contribution >= 4 is 5.78 Å². The first-order valence-electron chi connectivity index (χ1n) is 7.08. The molecule has 0 amide bonds. The first kappa shape index (κ1) is 12.1. The Labute approximate surface area is 99.4 Å². The fourth-order valence-electron chi connectivity index (χ4n) is 3.38. The van der Waals surface area contributed by atoms with Gasteiger partial charge in [0.1, 0.15) is 5.78 Å². The van der Waals surface area contributed by atoms with Crippen molar-refractivity contribution in [2.24, 2.45) is 5.92 Å². The fraction of sp³-hybridized carbons (Fsp3) is 0.929. The smallest absolute Gasteiger partial charge is 0.136 e. The van der Waals surface area contributed by atoms with Gasteiger partial charge in [0.2, 0.25) is 0 Å². The van der Waals surface area contributed by atoms with E-state index in [0.717, 1.165) is 44.8 Å². The summed E-state index contributed by atoms with van der Waals surface area (Å²) in [5.74, 6) is 0.929. The number of hydrogen-bond acceptors (Lipinski definition) is 2. The van der Waals surface area contributed by atoms with Crippen LogP contribution in [0, 0.1) is 5.92 Å². The molecule has 2 fully saturated rings. The molecule has 1 atom stereocenters. The molecule has 0 radical (unpaired) electrons. The highest BCUT2D eigenvalue weighted by atomic mass is 16.1. The molecule has 16 heavy (non-hydrogen) atoms. The summed E-state index contributed by atoms with van der Waals surface area (Å²) in [4.78, 5) is 14.2. The van der Waals surface area contributed by atoms with Crippen LogP contribution < -0.4 is 0 Å². The summed E-state index contributed by atoms with van der Waals surface area (Å²) >= 11 is 0. The normalized spacial score (nSPS) is 27.1. The van der Waals surface area contributed by atoms with E-state index >= 15 is 0 Å². The predicted molar refractivity (Wildman–Crippen MR) is 66.5 cm³/mol. The lowest BCUT2D eigenvalue weighted by molar-refractivity contribution is -0.120. The van der Waals surface area contributed by atoms with Gasteiger partial charge in [0.15, 0.2) is 0 Å². The number of carbonyl (C=O) groups excluding carboxylic acids is 1. The van der Waals surface area contributed by atoms with Gasteiger partial charge in [-0.2, -0.15) is 0 Å². The first-order valence-corrected chi connectivity index (χ1v) is 7.08. The van der Waals surface area contributed by atoms with Crippen LogP contribution in [-0.2, 0) is 4.79 Å². The fourth-order valence-corrected chi connectivity index (χ4v) is 3.38. The van der Waals surface area contributed by atoms with Crippen LogP contribution in [0.4, 0.5) is 0 Å². The summed E-state index contributed by atoms with van der Waals surface area (Å²) in [5, 5.41) is 0. The molecule has 0 aliphatic heterocycles. The Bertz CT molecular complexity index is 233. The van der Waals surface area contributed by atoms with E-state index in [2.05, 4.69) is 11.8 Å². The van der Waals surface area contributed by atoms with Crippen molar-refractivity contribution in [3.8, 4) is 0 Å². The number of hydrogen-bond donors (Lipinski definition) is 0. The largest absolute Gasteiger partial charge is 0.301 e. The van der Waals surface area contributed by atoms with Gasteiger partial charge in [0.05, 0.1) is 0 Å². The van der Waals surface area contributed by atoms with Crippen molar-refractivity contribution < 1.29 is 4.79 Å². The Morgan fingerprint density at radius 2 is 1.94 bits per heavy atom. The van der Waals surface area contributed by atoms with Crippen LogP contribution in [0.25, 0.3) is 0 Å². The maximum Gasteiger partial charge on any atom is 0.136 e. The zero-order chi connectivity index (χ0) is 11.4. The highest BCUT2D eigenvalue weighted by Gasteiger charge is 2.26. The van der Waals surface area contributed by atoms with E-state index in [1.807, 2.05) is 0 Å². The SMILES string of the molecule is CCN(CCC1CCCC1=O)C1CCCC1. The molecule has 92 valence electrons. The molecular weight excluding hydrogens is 198 g/mol. The lowest BCUT2D eigenvalue weighted by Gasteiger charge is -2.28. The zero-order valence-electron chi connectivity index (χ0n) is 10.6. The standard InChI is InChI=1S/C14H25NO/c1-2-15(13-7-3-4-8-13)11-10-12-6-5-9-14(12)16/h12-13H,2-11H2,1H3. The highest BCUT2D eigenvalue weighted by molar-refractivity contribution is 5.82. The van der Waals surface area contributed by atoms with Crippen molar-refractivity contribution in [3.63, 3.8) is 0 Å². The maximum absolute atomic E-state index is 11.6. The number of rotatable bonds is 5. The summed E-state index contributed by atoms with van der Waals surface area (Å²) < 4.78 is 0. The van der Waals surface area contributed by atoms with Gasteiger partial charge >= 0.3 is 0 Å². The molecule has 0 spiro atoms. The van der Waals surface area contributed by atoms with Crippen LogP contribution >= 0.6 is 0 Å². The first-order chi connectivity index (χ1) is 7.81. The summed E-state index contributed by atoms with van der Waals surface area (Å²) in [6.07, 6.45) is 9.83. The van der Waals surface area contributed by atoms with Gasteiger partial charge in [-0.25, -0.2) is 0 Å². The molecule has 2 heteroatoms. The molecule has 2 saturated carbocycles. The number of ketones is 1. The Kier molecular flexibility index (Phi) is 4.39. The Balaban J connectivity index is 1.75. The molecule has 2 aliphatic carbocycles. The molecule has 2 rings (SSSR count). The van der Waals surface area contributed by atoms with Crippen molar-refractivity contribution in [2.75, 3.05) is 13.1 Å². The van der Waals surface area contributed by atoms with Gasteiger partial charge in [-0.1, -0.05) is 19.8 Å². The summed E-state index contributed by atoms with van der Waals surface area (Å²) in [6, 6.07) is 0.821.